The van der Waals surface area contributed by atoms with Gasteiger partial charge in [0.25, 0.3) is 0 Å². The monoisotopic (exact) mass is 599 g/mol. The summed E-state index contributed by atoms with van der Waals surface area (Å²) in [6, 6.07) is 18.3. The number of hydrogen-bond acceptors (Lipinski definition) is 3. The first-order chi connectivity index (χ1) is 17.3. The van der Waals surface area contributed by atoms with Gasteiger partial charge in [0.1, 0.15) is 0 Å². The number of hydrogen-bond donors (Lipinski definition) is 0. The Morgan fingerprint density at radius 3 is 1.89 bits per heavy atom. The van der Waals surface area contributed by atoms with Gasteiger partial charge < -0.3 is 0 Å². The van der Waals surface area contributed by atoms with Crippen molar-refractivity contribution in [1.29, 1.82) is 0 Å². The molecule has 0 N–H and O–H groups in total. The van der Waals surface area contributed by atoms with Gasteiger partial charge in [-0.15, -0.1) is 0 Å². The molecular formula is C31H45NO3Sn. The number of para-hydroxylation sites is 2. The van der Waals surface area contributed by atoms with E-state index in [4.69, 9.17) is 9.47 Å². The number of nitrogens with zero attached hydrogens (tertiary/aromatic N) is 1. The van der Waals surface area contributed by atoms with Crippen molar-refractivity contribution in [2.45, 2.75) is 99.0 Å². The molecule has 0 saturated carbocycles. The Morgan fingerprint density at radius 1 is 0.833 bits per heavy atom. The Labute approximate surface area is 222 Å². The van der Waals surface area contributed by atoms with E-state index in [1.807, 2.05) is 56.0 Å². The number of rotatable bonds is 11. The Bertz CT molecular complexity index is 1000. The average molecular weight is 598 g/mol. The van der Waals surface area contributed by atoms with E-state index in [0.29, 0.717) is 0 Å². The molecule has 0 fully saturated rings. The van der Waals surface area contributed by atoms with E-state index in [-0.39, 0.29) is 6.09 Å². The Morgan fingerprint density at radius 2 is 1.36 bits per heavy atom. The summed E-state index contributed by atoms with van der Waals surface area (Å²) >= 11 is -3.11. The molecule has 1 aliphatic heterocycles. The number of benzene rings is 2. The maximum absolute atomic E-state index is 13.9. The molecule has 0 unspecified atom stereocenters. The Hall–Kier alpha value is -1.95. The van der Waals surface area contributed by atoms with E-state index in [9.17, 15) is 4.79 Å². The zero-order valence-electron chi connectivity index (χ0n) is 23.2. The number of carbonyl (C=O) groups is 1. The standard InChI is InChI=1S/C19H18NO3.3C4H9.Sn/c1-19(2,3)23-18(21)20-15-11-7-8-12-17(15)22-13-16(20)14-9-5-4-6-10-14;3*1-3-4-2;/h4-12H,1-3H3;3*1,3-4H2,2H3;. The number of fused-ring (bicyclic) bond motifs is 1. The van der Waals surface area contributed by atoms with Gasteiger partial charge in [-0.1, -0.05) is 0 Å². The van der Waals surface area contributed by atoms with Crippen molar-refractivity contribution >= 4 is 35.9 Å². The molecule has 36 heavy (non-hydrogen) atoms. The van der Waals surface area contributed by atoms with Crippen LogP contribution in [0.3, 0.4) is 0 Å². The van der Waals surface area contributed by atoms with Crippen LogP contribution in [-0.2, 0) is 4.74 Å². The van der Waals surface area contributed by atoms with Gasteiger partial charge in [0.05, 0.1) is 0 Å². The fourth-order valence-electron chi connectivity index (χ4n) is 5.08. The quantitative estimate of drug-likeness (QED) is 0.242. The van der Waals surface area contributed by atoms with Crippen LogP contribution in [0.5, 0.6) is 5.75 Å². The molecule has 0 atom stereocenters. The van der Waals surface area contributed by atoms with Crippen LogP contribution >= 0.6 is 0 Å². The minimum absolute atomic E-state index is 0.337. The molecule has 0 aliphatic carbocycles. The van der Waals surface area contributed by atoms with Gasteiger partial charge in [0.2, 0.25) is 0 Å². The summed E-state index contributed by atoms with van der Waals surface area (Å²) in [5.74, 6) is 0.767. The van der Waals surface area contributed by atoms with Gasteiger partial charge in [0, 0.05) is 0 Å². The van der Waals surface area contributed by atoms with Crippen molar-refractivity contribution in [1.82, 2.24) is 0 Å². The van der Waals surface area contributed by atoms with E-state index in [1.54, 1.807) is 0 Å². The molecule has 0 spiro atoms. The third-order valence-electron chi connectivity index (χ3n) is 6.89. The van der Waals surface area contributed by atoms with Crippen molar-refractivity contribution in [3.05, 3.63) is 63.9 Å². The zero-order valence-corrected chi connectivity index (χ0v) is 26.1. The molecule has 4 nitrogen and oxygen atoms in total. The normalized spacial score (nSPS) is 13.9. The van der Waals surface area contributed by atoms with E-state index >= 15 is 0 Å². The van der Waals surface area contributed by atoms with E-state index in [0.717, 1.165) is 26.5 Å². The summed E-state index contributed by atoms with van der Waals surface area (Å²) < 4.78 is 17.9. The number of unbranched alkanes of at least 4 members (excludes halogenated alkanes) is 3. The fourth-order valence-corrected chi connectivity index (χ4v) is 21.1. The van der Waals surface area contributed by atoms with Crippen LogP contribution in [0.2, 0.25) is 13.3 Å². The molecule has 1 aliphatic rings. The van der Waals surface area contributed by atoms with Gasteiger partial charge in [-0.05, 0) is 0 Å². The summed E-state index contributed by atoms with van der Waals surface area (Å²) in [4.78, 5) is 15.7. The van der Waals surface area contributed by atoms with Crippen LogP contribution in [-0.4, -0.2) is 30.1 Å². The molecule has 1 amide bonds. The van der Waals surface area contributed by atoms with Crippen LogP contribution in [0, 0.1) is 0 Å². The summed E-state index contributed by atoms with van der Waals surface area (Å²) in [5.41, 5.74) is 2.11. The van der Waals surface area contributed by atoms with Gasteiger partial charge in [-0.2, -0.15) is 0 Å². The number of anilines is 1. The second-order valence-corrected chi connectivity index (χ2v) is 23.9. The van der Waals surface area contributed by atoms with Crippen molar-refractivity contribution in [3.63, 3.8) is 0 Å². The van der Waals surface area contributed by atoms with E-state index in [2.05, 4.69) is 45.0 Å². The van der Waals surface area contributed by atoms with Gasteiger partial charge in [0.15, 0.2) is 0 Å². The first kappa shape index (κ1) is 28.6. The maximum atomic E-state index is 13.9. The SMILES string of the molecule is CCC[CH2][Sn]([CH2]CCC)([CH2]CCC)[C]1=C(c2ccccc2)N(C(=O)OC(C)(C)C)c2ccccc2O1. The average Bonchev–Trinajstić information content (AvgIpc) is 2.87. The molecular weight excluding hydrogens is 553 g/mol. The van der Waals surface area contributed by atoms with Crippen LogP contribution < -0.4 is 9.64 Å². The number of ether oxygens (including phenoxy) is 2. The summed E-state index contributed by atoms with van der Waals surface area (Å²) in [6.45, 7) is 12.6. The van der Waals surface area contributed by atoms with Gasteiger partial charge in [-0.25, -0.2) is 0 Å². The topological polar surface area (TPSA) is 38.8 Å². The van der Waals surface area contributed by atoms with E-state index < -0.39 is 24.0 Å². The molecule has 2 aromatic carbocycles. The Kier molecular flexibility index (Phi) is 10.4. The third-order valence-corrected chi connectivity index (χ3v) is 21.8. The molecule has 3 rings (SSSR count). The molecule has 5 heteroatoms. The molecule has 196 valence electrons. The predicted octanol–water partition coefficient (Wildman–Crippen LogP) is 9.58. The second-order valence-electron chi connectivity index (χ2n) is 11.0. The predicted molar refractivity (Wildman–Crippen MR) is 154 cm³/mol. The Balaban J connectivity index is 2.33. The van der Waals surface area contributed by atoms with Crippen molar-refractivity contribution < 1.29 is 14.3 Å². The van der Waals surface area contributed by atoms with Crippen LogP contribution in [0.1, 0.15) is 85.6 Å². The second kappa shape index (κ2) is 13.0. The fraction of sp³-hybridized carbons (Fsp3) is 0.516. The summed E-state index contributed by atoms with van der Waals surface area (Å²) in [7, 11) is 0. The first-order valence-corrected chi connectivity index (χ1v) is 21.3. The molecule has 0 radical (unpaired) electrons. The van der Waals surface area contributed by atoms with Crippen LogP contribution in [0.25, 0.3) is 5.70 Å². The van der Waals surface area contributed by atoms with Crippen molar-refractivity contribution in [2.24, 2.45) is 0 Å². The molecule has 0 bridgehead atoms. The number of amides is 1. The zero-order chi connectivity index (χ0) is 26.2. The van der Waals surface area contributed by atoms with Crippen LogP contribution in [0.15, 0.2) is 58.4 Å². The summed E-state index contributed by atoms with van der Waals surface area (Å²) in [6.07, 6.45) is 6.84. The first-order valence-electron chi connectivity index (χ1n) is 13.9. The minimum atomic E-state index is -3.11. The molecule has 1 heterocycles. The number of carbonyl (C=O) groups excluding carboxylic acids is 1. The van der Waals surface area contributed by atoms with Crippen LogP contribution in [0.4, 0.5) is 10.5 Å². The molecule has 2 aromatic rings. The molecule has 0 aromatic heterocycles. The third kappa shape index (κ3) is 6.87. The molecule has 0 saturated heterocycles. The van der Waals surface area contributed by atoms with Gasteiger partial charge in [-0.3, -0.25) is 0 Å². The summed E-state index contributed by atoms with van der Waals surface area (Å²) in [5, 5.41) is 0. The van der Waals surface area contributed by atoms with E-state index in [1.165, 1.54) is 51.8 Å². The van der Waals surface area contributed by atoms with Crippen molar-refractivity contribution in [2.75, 3.05) is 4.90 Å². The van der Waals surface area contributed by atoms with Crippen molar-refractivity contribution in [3.8, 4) is 5.75 Å². The van der Waals surface area contributed by atoms with Gasteiger partial charge >= 0.3 is 224 Å².